The molecule has 0 saturated carbocycles. The lowest BCUT2D eigenvalue weighted by Gasteiger charge is -2.21. The standard InChI is InChI=1S/C15H17F2N5O2/c1-2-3-4-12(23)22-9-15(16,17)7-11(22)14-21-20-13(24-14)10-8-18-5-6-19-10/h5-6,8,11H,2-4,7,9H2,1H3/t11-/m0/s1. The van der Waals surface area contributed by atoms with Crippen LogP contribution in [-0.4, -0.2) is 43.4 Å². The average molecular weight is 337 g/mol. The van der Waals surface area contributed by atoms with Gasteiger partial charge in [0.15, 0.2) is 0 Å². The monoisotopic (exact) mass is 337 g/mol. The van der Waals surface area contributed by atoms with Crippen molar-refractivity contribution in [1.29, 1.82) is 0 Å². The Morgan fingerprint density at radius 3 is 2.96 bits per heavy atom. The highest BCUT2D eigenvalue weighted by Gasteiger charge is 2.49. The van der Waals surface area contributed by atoms with Crippen molar-refractivity contribution in [2.45, 2.75) is 44.6 Å². The lowest BCUT2D eigenvalue weighted by Crippen LogP contribution is -2.32. The second-order valence-corrected chi connectivity index (χ2v) is 5.74. The predicted octanol–water partition coefficient (Wildman–Crippen LogP) is 2.63. The summed E-state index contributed by atoms with van der Waals surface area (Å²) in [6.45, 7) is 1.32. The van der Waals surface area contributed by atoms with Crippen LogP contribution >= 0.6 is 0 Å². The summed E-state index contributed by atoms with van der Waals surface area (Å²) in [6, 6.07) is -0.915. The molecule has 0 spiro atoms. The number of hydrogen-bond donors (Lipinski definition) is 0. The Morgan fingerprint density at radius 2 is 2.25 bits per heavy atom. The minimum atomic E-state index is -2.96. The number of rotatable bonds is 5. The molecule has 0 bridgehead atoms. The van der Waals surface area contributed by atoms with E-state index in [-0.39, 0.29) is 24.1 Å². The average Bonchev–Trinajstić information content (AvgIpc) is 3.17. The van der Waals surface area contributed by atoms with Crippen LogP contribution < -0.4 is 0 Å². The summed E-state index contributed by atoms with van der Waals surface area (Å²) < 4.78 is 33.2. The SMILES string of the molecule is CCCCC(=O)N1CC(F)(F)C[C@H]1c1nnc(-c2cnccn2)o1. The van der Waals surface area contributed by atoms with E-state index in [0.29, 0.717) is 12.1 Å². The van der Waals surface area contributed by atoms with Crippen molar-refractivity contribution in [2.24, 2.45) is 0 Å². The summed E-state index contributed by atoms with van der Waals surface area (Å²) in [4.78, 5) is 21.3. The van der Waals surface area contributed by atoms with Crippen molar-refractivity contribution in [1.82, 2.24) is 25.1 Å². The molecule has 1 saturated heterocycles. The second-order valence-electron chi connectivity index (χ2n) is 5.74. The molecule has 0 N–H and O–H groups in total. The molecule has 24 heavy (non-hydrogen) atoms. The Labute approximate surface area is 137 Å². The van der Waals surface area contributed by atoms with Gasteiger partial charge >= 0.3 is 0 Å². The molecule has 1 aliphatic heterocycles. The number of hydrogen-bond acceptors (Lipinski definition) is 6. The molecule has 0 aliphatic carbocycles. The normalized spacial score (nSPS) is 19.6. The molecule has 0 aromatic carbocycles. The van der Waals surface area contributed by atoms with Gasteiger partial charge in [0.05, 0.1) is 12.7 Å². The number of alkyl halides is 2. The van der Waals surface area contributed by atoms with Crippen LogP contribution in [0.3, 0.4) is 0 Å². The van der Waals surface area contributed by atoms with E-state index in [1.165, 1.54) is 18.6 Å². The number of amides is 1. The Morgan fingerprint density at radius 1 is 1.42 bits per heavy atom. The fourth-order valence-corrected chi connectivity index (χ4v) is 2.65. The summed E-state index contributed by atoms with van der Waals surface area (Å²) in [5.41, 5.74) is 0.352. The van der Waals surface area contributed by atoms with Gasteiger partial charge in [0.25, 0.3) is 11.8 Å². The highest BCUT2D eigenvalue weighted by Crippen LogP contribution is 2.41. The molecular formula is C15H17F2N5O2. The molecule has 1 amide bonds. The van der Waals surface area contributed by atoms with E-state index >= 15 is 0 Å². The maximum atomic E-state index is 13.8. The van der Waals surface area contributed by atoms with Gasteiger partial charge in [-0.15, -0.1) is 10.2 Å². The summed E-state index contributed by atoms with van der Waals surface area (Å²) in [6.07, 6.45) is 5.57. The summed E-state index contributed by atoms with van der Waals surface area (Å²) in [5, 5.41) is 7.67. The molecule has 1 fully saturated rings. The number of halogens is 2. The maximum Gasteiger partial charge on any atom is 0.267 e. The first kappa shape index (κ1) is 16.4. The van der Waals surface area contributed by atoms with Crippen molar-refractivity contribution < 1.29 is 18.0 Å². The molecule has 2 aromatic rings. The number of nitrogens with zero attached hydrogens (tertiary/aromatic N) is 5. The topological polar surface area (TPSA) is 85.0 Å². The first-order chi connectivity index (χ1) is 11.5. The third-order valence-electron chi connectivity index (χ3n) is 3.84. The molecule has 7 nitrogen and oxygen atoms in total. The molecule has 3 heterocycles. The lowest BCUT2D eigenvalue weighted by molar-refractivity contribution is -0.133. The zero-order valence-electron chi connectivity index (χ0n) is 13.2. The first-order valence-electron chi connectivity index (χ1n) is 7.77. The van der Waals surface area contributed by atoms with Gasteiger partial charge in [-0.05, 0) is 6.42 Å². The van der Waals surface area contributed by atoms with E-state index in [0.717, 1.165) is 11.3 Å². The molecule has 128 valence electrons. The lowest BCUT2D eigenvalue weighted by atomic mass is 10.2. The Hall–Kier alpha value is -2.45. The van der Waals surface area contributed by atoms with Crippen LogP contribution in [0.15, 0.2) is 23.0 Å². The Balaban J connectivity index is 1.83. The highest BCUT2D eigenvalue weighted by atomic mass is 19.3. The van der Waals surface area contributed by atoms with Crippen LogP contribution in [0.4, 0.5) is 8.78 Å². The number of aromatic nitrogens is 4. The van der Waals surface area contributed by atoms with E-state index in [1.54, 1.807) is 0 Å². The molecular weight excluding hydrogens is 320 g/mol. The van der Waals surface area contributed by atoms with Crippen LogP contribution in [0.5, 0.6) is 0 Å². The zero-order chi connectivity index (χ0) is 17.2. The van der Waals surface area contributed by atoms with Crippen LogP contribution in [0, 0.1) is 0 Å². The highest BCUT2D eigenvalue weighted by molar-refractivity contribution is 5.77. The zero-order valence-corrected chi connectivity index (χ0v) is 13.2. The minimum Gasteiger partial charge on any atom is -0.417 e. The second kappa shape index (κ2) is 6.58. The number of unbranched alkanes of at least 4 members (excludes halogenated alkanes) is 1. The van der Waals surface area contributed by atoms with E-state index in [1.807, 2.05) is 6.92 Å². The van der Waals surface area contributed by atoms with E-state index in [9.17, 15) is 13.6 Å². The number of likely N-dealkylation sites (tertiary alicyclic amines) is 1. The van der Waals surface area contributed by atoms with Crippen molar-refractivity contribution >= 4 is 5.91 Å². The van der Waals surface area contributed by atoms with Gasteiger partial charge in [-0.1, -0.05) is 13.3 Å². The number of carbonyl (C=O) groups is 1. The van der Waals surface area contributed by atoms with Crippen molar-refractivity contribution in [3.05, 3.63) is 24.5 Å². The summed E-state index contributed by atoms with van der Waals surface area (Å²) in [7, 11) is 0. The minimum absolute atomic E-state index is 0.00215. The predicted molar refractivity (Wildman–Crippen MR) is 78.9 cm³/mol. The van der Waals surface area contributed by atoms with Crippen molar-refractivity contribution in [3.8, 4) is 11.6 Å². The quantitative estimate of drug-likeness (QED) is 0.834. The fourth-order valence-electron chi connectivity index (χ4n) is 2.65. The molecule has 1 atom stereocenters. The van der Waals surface area contributed by atoms with Crippen molar-refractivity contribution in [3.63, 3.8) is 0 Å². The van der Waals surface area contributed by atoms with Gasteiger partial charge in [-0.3, -0.25) is 9.78 Å². The molecule has 1 aliphatic rings. The maximum absolute atomic E-state index is 13.8. The third kappa shape index (κ3) is 3.39. The largest absolute Gasteiger partial charge is 0.417 e. The van der Waals surface area contributed by atoms with E-state index in [2.05, 4.69) is 20.2 Å². The van der Waals surface area contributed by atoms with E-state index in [4.69, 9.17) is 4.42 Å². The molecule has 2 aromatic heterocycles. The molecule has 9 heteroatoms. The van der Waals surface area contributed by atoms with Crippen molar-refractivity contribution in [2.75, 3.05) is 6.54 Å². The van der Waals surface area contributed by atoms with Gasteiger partial charge in [-0.25, -0.2) is 13.8 Å². The summed E-state index contributed by atoms with van der Waals surface area (Å²) >= 11 is 0. The molecule has 3 rings (SSSR count). The van der Waals surface area contributed by atoms with Crippen LogP contribution in [0.25, 0.3) is 11.6 Å². The van der Waals surface area contributed by atoms with Gasteiger partial charge < -0.3 is 9.32 Å². The van der Waals surface area contributed by atoms with Crippen LogP contribution in [0.2, 0.25) is 0 Å². The Bertz CT molecular complexity index is 707. The van der Waals surface area contributed by atoms with Gasteiger partial charge in [0, 0.05) is 25.2 Å². The Kier molecular flexibility index (Phi) is 4.50. The molecule has 0 radical (unpaired) electrons. The third-order valence-corrected chi connectivity index (χ3v) is 3.84. The smallest absolute Gasteiger partial charge is 0.267 e. The van der Waals surface area contributed by atoms with Gasteiger partial charge in [0.1, 0.15) is 11.7 Å². The summed E-state index contributed by atoms with van der Waals surface area (Å²) in [5.74, 6) is -3.20. The molecule has 0 unspecified atom stereocenters. The number of carbonyl (C=O) groups excluding carboxylic acids is 1. The first-order valence-corrected chi connectivity index (χ1v) is 7.77. The van der Waals surface area contributed by atoms with Gasteiger partial charge in [0.2, 0.25) is 11.8 Å². The van der Waals surface area contributed by atoms with Crippen LogP contribution in [-0.2, 0) is 4.79 Å². The van der Waals surface area contributed by atoms with E-state index < -0.39 is 24.9 Å². The van der Waals surface area contributed by atoms with Crippen LogP contribution in [0.1, 0.15) is 44.5 Å². The fraction of sp³-hybridized carbons (Fsp3) is 0.533. The van der Waals surface area contributed by atoms with Gasteiger partial charge in [-0.2, -0.15) is 0 Å².